The van der Waals surface area contributed by atoms with Crippen molar-refractivity contribution >= 4 is 50.0 Å². The second-order valence-electron chi connectivity index (χ2n) is 4.14. The van der Waals surface area contributed by atoms with Crippen molar-refractivity contribution in [2.24, 2.45) is 0 Å². The van der Waals surface area contributed by atoms with Crippen molar-refractivity contribution in [2.45, 2.75) is 6.92 Å². The van der Waals surface area contributed by atoms with E-state index in [0.717, 1.165) is 17.4 Å². The zero-order chi connectivity index (χ0) is 17.0. The zero-order valence-electron chi connectivity index (χ0n) is 11.7. The summed E-state index contributed by atoms with van der Waals surface area (Å²) in [7, 11) is 0. The molecule has 23 heavy (non-hydrogen) atoms. The molecule has 120 valence electrons. The maximum absolute atomic E-state index is 12.1. The van der Waals surface area contributed by atoms with E-state index in [0.29, 0.717) is 0 Å². The molecule has 10 heteroatoms. The largest absolute Gasteiger partial charge is 0.461 e. The molecule has 0 spiro atoms. The first-order chi connectivity index (χ1) is 10.9. The quantitative estimate of drug-likeness (QED) is 0.469. The summed E-state index contributed by atoms with van der Waals surface area (Å²) in [5, 5.41) is 15.0. The number of amides is 1. The molecule has 0 atom stereocenters. The summed E-state index contributed by atoms with van der Waals surface area (Å²) in [6.45, 7) is 1.90. The van der Waals surface area contributed by atoms with Crippen LogP contribution in [0.1, 0.15) is 27.8 Å². The lowest BCUT2D eigenvalue weighted by atomic mass is 10.2. The van der Waals surface area contributed by atoms with Crippen LogP contribution < -0.4 is 5.32 Å². The van der Waals surface area contributed by atoms with Gasteiger partial charge >= 0.3 is 5.97 Å². The van der Waals surface area contributed by atoms with Crippen LogP contribution in [0.5, 0.6) is 0 Å². The van der Waals surface area contributed by atoms with Crippen LogP contribution in [0, 0.1) is 10.1 Å². The highest BCUT2D eigenvalue weighted by molar-refractivity contribution is 9.10. The molecule has 0 fully saturated rings. The SMILES string of the molecule is CCOC(=O)c1csc(NC(=O)c2ccc(Br)c([N+](=O)[O-])c2)n1. The molecule has 0 aliphatic heterocycles. The maximum Gasteiger partial charge on any atom is 0.357 e. The predicted molar refractivity (Wildman–Crippen MR) is 86.8 cm³/mol. The van der Waals surface area contributed by atoms with Crippen molar-refractivity contribution in [2.75, 3.05) is 11.9 Å². The lowest BCUT2D eigenvalue weighted by Crippen LogP contribution is -2.12. The number of hydrogen-bond donors (Lipinski definition) is 1. The molecule has 0 unspecified atom stereocenters. The van der Waals surface area contributed by atoms with Crippen molar-refractivity contribution in [3.05, 3.63) is 49.4 Å². The summed E-state index contributed by atoms with van der Waals surface area (Å²) >= 11 is 4.10. The number of nitrogens with one attached hydrogen (secondary N) is 1. The minimum atomic E-state index is -0.594. The van der Waals surface area contributed by atoms with Gasteiger partial charge in [-0.3, -0.25) is 20.2 Å². The smallest absolute Gasteiger partial charge is 0.357 e. The molecule has 0 aliphatic rings. The first-order valence-electron chi connectivity index (χ1n) is 6.30. The van der Waals surface area contributed by atoms with Gasteiger partial charge in [0.15, 0.2) is 10.8 Å². The van der Waals surface area contributed by atoms with Crippen molar-refractivity contribution in [3.63, 3.8) is 0 Å². The molecular formula is C13H10BrN3O5S. The van der Waals surface area contributed by atoms with Gasteiger partial charge in [0.05, 0.1) is 16.0 Å². The number of ether oxygens (including phenoxy) is 1. The highest BCUT2D eigenvalue weighted by atomic mass is 79.9. The summed E-state index contributed by atoms with van der Waals surface area (Å²) in [6.07, 6.45) is 0. The second kappa shape index (κ2) is 7.29. The van der Waals surface area contributed by atoms with Gasteiger partial charge in [0.1, 0.15) is 0 Å². The number of carbonyl (C=O) groups is 2. The van der Waals surface area contributed by atoms with Crippen LogP contribution in [0.2, 0.25) is 0 Å². The van der Waals surface area contributed by atoms with Crippen LogP contribution >= 0.6 is 27.3 Å². The number of thiazole rings is 1. The molecular weight excluding hydrogens is 390 g/mol. The van der Waals surface area contributed by atoms with Gasteiger partial charge in [-0.15, -0.1) is 11.3 Å². The number of carbonyl (C=O) groups excluding carboxylic acids is 2. The van der Waals surface area contributed by atoms with Gasteiger partial charge in [0, 0.05) is 17.0 Å². The number of rotatable bonds is 5. The monoisotopic (exact) mass is 399 g/mol. The summed E-state index contributed by atoms with van der Waals surface area (Å²) in [6, 6.07) is 4.00. The average Bonchev–Trinajstić information content (AvgIpc) is 2.96. The van der Waals surface area contributed by atoms with Gasteiger partial charge in [-0.25, -0.2) is 9.78 Å². The third-order valence-corrected chi connectivity index (χ3v) is 4.04. The van der Waals surface area contributed by atoms with E-state index in [-0.39, 0.29) is 33.2 Å². The van der Waals surface area contributed by atoms with E-state index < -0.39 is 16.8 Å². The fourth-order valence-corrected chi connectivity index (χ4v) is 2.66. The van der Waals surface area contributed by atoms with Crippen LogP contribution in [0.3, 0.4) is 0 Å². The number of benzene rings is 1. The van der Waals surface area contributed by atoms with Gasteiger partial charge in [0.2, 0.25) is 0 Å². The summed E-state index contributed by atoms with van der Waals surface area (Å²) < 4.78 is 5.07. The Balaban J connectivity index is 2.15. The van der Waals surface area contributed by atoms with E-state index in [2.05, 4.69) is 26.2 Å². The minimum absolute atomic E-state index is 0.0916. The highest BCUT2D eigenvalue weighted by Gasteiger charge is 2.18. The number of hydrogen-bond acceptors (Lipinski definition) is 7. The molecule has 1 N–H and O–H groups in total. The van der Waals surface area contributed by atoms with Gasteiger partial charge in [-0.05, 0) is 35.0 Å². The number of anilines is 1. The maximum atomic E-state index is 12.1. The molecule has 2 aromatic rings. The summed E-state index contributed by atoms with van der Waals surface area (Å²) in [5.74, 6) is -1.14. The number of aromatic nitrogens is 1. The number of nitrogens with zero attached hydrogens (tertiary/aromatic N) is 2. The van der Waals surface area contributed by atoms with Crippen LogP contribution in [-0.4, -0.2) is 28.4 Å². The fourth-order valence-electron chi connectivity index (χ4n) is 1.59. The first-order valence-corrected chi connectivity index (χ1v) is 7.97. The Labute approximate surface area is 142 Å². The lowest BCUT2D eigenvalue weighted by molar-refractivity contribution is -0.385. The van der Waals surface area contributed by atoms with E-state index in [1.54, 1.807) is 6.92 Å². The van der Waals surface area contributed by atoms with E-state index in [4.69, 9.17) is 4.74 Å². The number of nitro benzene ring substituents is 1. The molecule has 1 aromatic carbocycles. The van der Waals surface area contributed by atoms with Gasteiger partial charge in [0.25, 0.3) is 11.6 Å². The predicted octanol–water partition coefficient (Wildman–Crippen LogP) is 3.24. The highest BCUT2D eigenvalue weighted by Crippen LogP contribution is 2.26. The Bertz CT molecular complexity index is 777. The molecule has 1 heterocycles. The Morgan fingerprint density at radius 2 is 2.22 bits per heavy atom. The van der Waals surface area contributed by atoms with Crippen LogP contribution in [-0.2, 0) is 4.74 Å². The van der Waals surface area contributed by atoms with Gasteiger partial charge in [-0.2, -0.15) is 0 Å². The Morgan fingerprint density at radius 1 is 1.48 bits per heavy atom. The molecule has 0 saturated carbocycles. The van der Waals surface area contributed by atoms with E-state index in [9.17, 15) is 19.7 Å². The molecule has 8 nitrogen and oxygen atoms in total. The summed E-state index contributed by atoms with van der Waals surface area (Å²) in [4.78, 5) is 37.8. The fraction of sp³-hybridized carbons (Fsp3) is 0.154. The van der Waals surface area contributed by atoms with Crippen LogP contribution in [0.15, 0.2) is 28.1 Å². The van der Waals surface area contributed by atoms with E-state index in [1.807, 2.05) is 0 Å². The molecule has 2 rings (SSSR count). The Kier molecular flexibility index (Phi) is 5.40. The molecule has 0 bridgehead atoms. The topological polar surface area (TPSA) is 111 Å². The third-order valence-electron chi connectivity index (χ3n) is 2.61. The van der Waals surface area contributed by atoms with E-state index in [1.165, 1.54) is 17.5 Å². The van der Waals surface area contributed by atoms with Crippen LogP contribution in [0.4, 0.5) is 10.8 Å². The van der Waals surface area contributed by atoms with Crippen molar-refractivity contribution < 1.29 is 19.2 Å². The second-order valence-corrected chi connectivity index (χ2v) is 5.85. The standard InChI is InChI=1S/C13H10BrN3O5S/c1-2-22-12(19)9-6-23-13(15-9)16-11(18)7-3-4-8(14)10(5-7)17(20)21/h3-6H,2H2,1H3,(H,15,16,18). The molecule has 0 radical (unpaired) electrons. The normalized spacial score (nSPS) is 10.2. The average molecular weight is 400 g/mol. The lowest BCUT2D eigenvalue weighted by Gasteiger charge is -2.02. The van der Waals surface area contributed by atoms with Crippen LogP contribution in [0.25, 0.3) is 0 Å². The van der Waals surface area contributed by atoms with Gasteiger partial charge in [-0.1, -0.05) is 0 Å². The van der Waals surface area contributed by atoms with Crippen molar-refractivity contribution in [1.29, 1.82) is 0 Å². The Morgan fingerprint density at radius 3 is 2.87 bits per heavy atom. The van der Waals surface area contributed by atoms with Gasteiger partial charge < -0.3 is 4.74 Å². The van der Waals surface area contributed by atoms with Crippen molar-refractivity contribution in [3.8, 4) is 0 Å². The van der Waals surface area contributed by atoms with E-state index >= 15 is 0 Å². The number of nitro groups is 1. The number of esters is 1. The summed E-state index contributed by atoms with van der Waals surface area (Å²) in [5.41, 5.74) is -0.0225. The third kappa shape index (κ3) is 4.11. The molecule has 1 amide bonds. The molecule has 1 aromatic heterocycles. The Hall–Kier alpha value is -2.33. The first kappa shape index (κ1) is 17.0. The van der Waals surface area contributed by atoms with Crippen molar-refractivity contribution in [1.82, 2.24) is 4.98 Å². The molecule has 0 aliphatic carbocycles. The number of halogens is 1. The minimum Gasteiger partial charge on any atom is -0.461 e. The molecule has 0 saturated heterocycles. The zero-order valence-corrected chi connectivity index (χ0v) is 14.1.